The SMILES string of the molecule is CC(CS(C)=O)NC(=S)NC1CC1. The summed E-state index contributed by atoms with van der Waals surface area (Å²) >= 11 is 5.08. The number of nitrogens with one attached hydrogen (secondary N) is 2. The van der Waals surface area contributed by atoms with Crippen molar-refractivity contribution in [2.75, 3.05) is 12.0 Å². The zero-order valence-corrected chi connectivity index (χ0v) is 9.63. The Labute approximate surface area is 87.1 Å². The van der Waals surface area contributed by atoms with Gasteiger partial charge >= 0.3 is 0 Å². The van der Waals surface area contributed by atoms with E-state index in [9.17, 15) is 4.21 Å². The lowest BCUT2D eigenvalue weighted by Gasteiger charge is -2.15. The lowest BCUT2D eigenvalue weighted by atomic mass is 10.4. The molecular weight excluding hydrogens is 204 g/mol. The van der Waals surface area contributed by atoms with Gasteiger partial charge in [0.15, 0.2) is 5.11 Å². The second-order valence-corrected chi connectivity index (χ2v) is 5.42. The zero-order valence-electron chi connectivity index (χ0n) is 8.00. The molecule has 0 spiro atoms. The first kappa shape index (κ1) is 10.9. The van der Waals surface area contributed by atoms with E-state index in [4.69, 9.17) is 12.2 Å². The number of hydrogen-bond acceptors (Lipinski definition) is 2. The summed E-state index contributed by atoms with van der Waals surface area (Å²) < 4.78 is 10.9. The van der Waals surface area contributed by atoms with Crippen molar-refractivity contribution in [2.24, 2.45) is 0 Å². The minimum absolute atomic E-state index is 0.185. The van der Waals surface area contributed by atoms with Gasteiger partial charge in [-0.1, -0.05) is 0 Å². The first-order valence-corrected chi connectivity index (χ1v) is 6.58. The van der Waals surface area contributed by atoms with Crippen LogP contribution in [0.3, 0.4) is 0 Å². The van der Waals surface area contributed by atoms with E-state index in [0.717, 1.165) is 0 Å². The maximum Gasteiger partial charge on any atom is 0.166 e. The largest absolute Gasteiger partial charge is 0.360 e. The van der Waals surface area contributed by atoms with Crippen LogP contribution in [0.2, 0.25) is 0 Å². The van der Waals surface area contributed by atoms with Gasteiger partial charge in [0.1, 0.15) is 0 Å². The molecule has 3 nitrogen and oxygen atoms in total. The predicted molar refractivity (Wildman–Crippen MR) is 60.3 cm³/mol. The van der Waals surface area contributed by atoms with Crippen molar-refractivity contribution in [3.63, 3.8) is 0 Å². The molecule has 2 atom stereocenters. The van der Waals surface area contributed by atoms with E-state index in [-0.39, 0.29) is 6.04 Å². The fourth-order valence-electron chi connectivity index (χ4n) is 1.07. The maximum absolute atomic E-state index is 10.9. The second kappa shape index (κ2) is 4.91. The number of hydrogen-bond donors (Lipinski definition) is 2. The van der Waals surface area contributed by atoms with Crippen LogP contribution in [-0.4, -0.2) is 33.4 Å². The highest BCUT2D eigenvalue weighted by atomic mass is 32.2. The Morgan fingerprint density at radius 2 is 2.31 bits per heavy atom. The van der Waals surface area contributed by atoms with Gasteiger partial charge in [-0.15, -0.1) is 0 Å². The Bertz CT molecular complexity index is 216. The summed E-state index contributed by atoms with van der Waals surface area (Å²) in [7, 11) is -0.759. The van der Waals surface area contributed by atoms with Crippen molar-refractivity contribution in [2.45, 2.75) is 31.8 Å². The predicted octanol–water partition coefficient (Wildman–Crippen LogP) is 0.380. The summed E-state index contributed by atoms with van der Waals surface area (Å²) in [4.78, 5) is 0. The summed E-state index contributed by atoms with van der Waals surface area (Å²) in [6.45, 7) is 1.99. The Morgan fingerprint density at radius 1 is 1.69 bits per heavy atom. The molecule has 76 valence electrons. The molecule has 0 aromatic carbocycles. The van der Waals surface area contributed by atoms with Gasteiger partial charge in [0, 0.05) is 34.9 Å². The van der Waals surface area contributed by atoms with Crippen molar-refractivity contribution in [3.05, 3.63) is 0 Å². The Hall–Kier alpha value is -0.160. The van der Waals surface area contributed by atoms with Gasteiger partial charge in [-0.05, 0) is 32.0 Å². The van der Waals surface area contributed by atoms with E-state index in [1.807, 2.05) is 6.92 Å². The van der Waals surface area contributed by atoms with Gasteiger partial charge in [-0.2, -0.15) is 0 Å². The van der Waals surface area contributed by atoms with Crippen molar-refractivity contribution >= 4 is 28.1 Å². The average molecular weight is 220 g/mol. The first-order chi connectivity index (χ1) is 6.08. The van der Waals surface area contributed by atoms with Crippen LogP contribution < -0.4 is 10.6 Å². The minimum Gasteiger partial charge on any atom is -0.360 e. The normalized spacial score (nSPS) is 20.5. The van der Waals surface area contributed by atoms with Crippen molar-refractivity contribution < 1.29 is 4.21 Å². The summed E-state index contributed by atoms with van der Waals surface area (Å²) in [6, 6.07) is 0.768. The molecule has 0 bridgehead atoms. The van der Waals surface area contributed by atoms with Crippen LogP contribution in [-0.2, 0) is 10.8 Å². The minimum atomic E-state index is -0.759. The highest BCUT2D eigenvalue weighted by Gasteiger charge is 2.22. The van der Waals surface area contributed by atoms with Gasteiger partial charge in [0.05, 0.1) is 0 Å². The molecule has 0 saturated heterocycles. The molecule has 1 saturated carbocycles. The molecule has 0 heterocycles. The van der Waals surface area contributed by atoms with E-state index in [2.05, 4.69) is 10.6 Å². The topological polar surface area (TPSA) is 41.1 Å². The van der Waals surface area contributed by atoms with Crippen LogP contribution >= 0.6 is 12.2 Å². The van der Waals surface area contributed by atoms with E-state index in [1.165, 1.54) is 12.8 Å². The average Bonchev–Trinajstić information content (AvgIpc) is 2.67. The van der Waals surface area contributed by atoms with Crippen LogP contribution in [0.4, 0.5) is 0 Å². The fourth-order valence-corrected chi connectivity index (χ4v) is 2.23. The molecule has 1 rings (SSSR count). The summed E-state index contributed by atoms with van der Waals surface area (Å²) in [5.41, 5.74) is 0. The molecule has 5 heteroatoms. The second-order valence-electron chi connectivity index (χ2n) is 3.53. The molecular formula is C8H16N2OS2. The van der Waals surface area contributed by atoms with Crippen LogP contribution in [0.5, 0.6) is 0 Å². The van der Waals surface area contributed by atoms with Gasteiger partial charge in [-0.25, -0.2) is 0 Å². The Morgan fingerprint density at radius 3 is 2.77 bits per heavy atom. The van der Waals surface area contributed by atoms with Gasteiger partial charge in [0.2, 0.25) is 0 Å². The molecule has 1 aliphatic rings. The third-order valence-corrected chi connectivity index (χ3v) is 2.98. The number of thiocarbonyl (C=S) groups is 1. The molecule has 0 aliphatic heterocycles. The zero-order chi connectivity index (χ0) is 9.84. The monoisotopic (exact) mass is 220 g/mol. The maximum atomic E-state index is 10.9. The van der Waals surface area contributed by atoms with Crippen LogP contribution in [0.25, 0.3) is 0 Å². The first-order valence-electron chi connectivity index (χ1n) is 4.45. The van der Waals surface area contributed by atoms with Crippen LogP contribution in [0.15, 0.2) is 0 Å². The van der Waals surface area contributed by atoms with Crippen molar-refractivity contribution in [1.29, 1.82) is 0 Å². The smallest absolute Gasteiger partial charge is 0.166 e. The highest BCUT2D eigenvalue weighted by Crippen LogP contribution is 2.18. The summed E-state index contributed by atoms with van der Waals surface area (Å²) in [6.07, 6.45) is 4.14. The summed E-state index contributed by atoms with van der Waals surface area (Å²) in [5.74, 6) is 0.645. The Kier molecular flexibility index (Phi) is 4.12. The Balaban J connectivity index is 2.13. The third-order valence-electron chi connectivity index (χ3n) is 1.77. The summed E-state index contributed by atoms with van der Waals surface area (Å²) in [5, 5.41) is 6.98. The lowest BCUT2D eigenvalue weighted by Crippen LogP contribution is -2.43. The van der Waals surface area contributed by atoms with Gasteiger partial charge in [0.25, 0.3) is 0 Å². The highest BCUT2D eigenvalue weighted by molar-refractivity contribution is 7.84. The number of rotatable bonds is 4. The lowest BCUT2D eigenvalue weighted by molar-refractivity contribution is 0.668. The molecule has 1 fully saturated rings. The quantitative estimate of drug-likeness (QED) is 0.672. The molecule has 13 heavy (non-hydrogen) atoms. The molecule has 0 aromatic heterocycles. The van der Waals surface area contributed by atoms with Crippen molar-refractivity contribution in [3.8, 4) is 0 Å². The molecule has 0 aromatic rings. The van der Waals surface area contributed by atoms with Crippen LogP contribution in [0.1, 0.15) is 19.8 Å². The third kappa shape index (κ3) is 5.21. The van der Waals surface area contributed by atoms with Crippen LogP contribution in [0, 0.1) is 0 Å². The van der Waals surface area contributed by atoms with E-state index in [0.29, 0.717) is 16.9 Å². The molecule has 1 aliphatic carbocycles. The molecule has 2 unspecified atom stereocenters. The van der Waals surface area contributed by atoms with E-state index in [1.54, 1.807) is 6.26 Å². The molecule has 2 N–H and O–H groups in total. The standard InChI is InChI=1S/C8H16N2OS2/c1-6(5-13(2)11)9-8(12)10-7-3-4-7/h6-7H,3-5H2,1-2H3,(H2,9,10,12). The van der Waals surface area contributed by atoms with E-state index < -0.39 is 10.8 Å². The van der Waals surface area contributed by atoms with Gasteiger partial charge < -0.3 is 10.6 Å². The van der Waals surface area contributed by atoms with Crippen molar-refractivity contribution in [1.82, 2.24) is 10.6 Å². The van der Waals surface area contributed by atoms with E-state index >= 15 is 0 Å². The fraction of sp³-hybridized carbons (Fsp3) is 0.875. The molecule has 0 radical (unpaired) electrons. The van der Waals surface area contributed by atoms with Gasteiger partial charge in [-0.3, -0.25) is 4.21 Å². The molecule has 0 amide bonds.